The molecule has 0 unspecified atom stereocenters. The number of anilines is 1. The maximum atomic E-state index is 5.37. The summed E-state index contributed by atoms with van der Waals surface area (Å²) in [6, 6.07) is 6.08. The van der Waals surface area contributed by atoms with Gasteiger partial charge < -0.3 is 11.1 Å². The Bertz CT molecular complexity index is 325. The highest BCUT2D eigenvalue weighted by molar-refractivity contribution is 9.10. The number of aryl methyl sites for hydroxylation is 1. The number of thiocarbonyl (C=S) groups is 1. The first-order chi connectivity index (χ1) is 6.09. The van der Waals surface area contributed by atoms with Crippen LogP contribution in [0.3, 0.4) is 0 Å². The lowest BCUT2D eigenvalue weighted by Crippen LogP contribution is -2.19. The zero-order valence-corrected chi connectivity index (χ0v) is 9.71. The minimum atomic E-state index is 0.465. The highest BCUT2D eigenvalue weighted by atomic mass is 79.9. The number of benzene rings is 1. The molecule has 0 spiro atoms. The van der Waals surface area contributed by atoms with E-state index in [9.17, 15) is 0 Å². The molecule has 0 aliphatic heterocycles. The van der Waals surface area contributed by atoms with Crippen molar-refractivity contribution in [2.45, 2.75) is 6.92 Å². The van der Waals surface area contributed by atoms with Crippen LogP contribution in [-0.4, -0.2) is 11.5 Å². The van der Waals surface area contributed by atoms with Crippen molar-refractivity contribution >= 4 is 38.8 Å². The Kier molecular flexibility index (Phi) is 3.69. The molecular formula is C9H11BrN2S. The SMILES string of the molecule is Cc1ccc(NCC(N)=S)c(Br)c1. The second kappa shape index (κ2) is 4.58. The van der Waals surface area contributed by atoms with E-state index in [0.717, 1.165) is 10.2 Å². The summed E-state index contributed by atoms with van der Waals surface area (Å²) >= 11 is 8.21. The zero-order chi connectivity index (χ0) is 9.84. The fourth-order valence-electron chi connectivity index (χ4n) is 0.946. The van der Waals surface area contributed by atoms with Gasteiger partial charge in [-0.15, -0.1) is 0 Å². The first kappa shape index (κ1) is 10.5. The summed E-state index contributed by atoms with van der Waals surface area (Å²) in [5.41, 5.74) is 7.60. The van der Waals surface area contributed by atoms with Crippen LogP contribution < -0.4 is 11.1 Å². The molecule has 0 saturated heterocycles. The van der Waals surface area contributed by atoms with Crippen LogP contribution in [0.1, 0.15) is 5.56 Å². The van der Waals surface area contributed by atoms with E-state index in [0.29, 0.717) is 11.5 Å². The minimum absolute atomic E-state index is 0.465. The number of hydrogen-bond donors (Lipinski definition) is 2. The van der Waals surface area contributed by atoms with Crippen molar-refractivity contribution in [3.63, 3.8) is 0 Å². The van der Waals surface area contributed by atoms with Crippen molar-refractivity contribution in [2.75, 3.05) is 11.9 Å². The first-order valence-electron chi connectivity index (χ1n) is 3.88. The molecule has 0 aromatic heterocycles. The molecule has 2 nitrogen and oxygen atoms in total. The number of nitrogens with two attached hydrogens (primary N) is 1. The standard InChI is InChI=1S/C9H11BrN2S/c1-6-2-3-8(7(10)4-6)12-5-9(11)13/h2-4,12H,5H2,1H3,(H2,11,13). The summed E-state index contributed by atoms with van der Waals surface area (Å²) in [6.07, 6.45) is 0. The van der Waals surface area contributed by atoms with Gasteiger partial charge in [0.15, 0.2) is 0 Å². The number of rotatable bonds is 3. The van der Waals surface area contributed by atoms with Gasteiger partial charge in [0.2, 0.25) is 0 Å². The molecule has 0 bridgehead atoms. The third-order valence-corrected chi connectivity index (χ3v) is 2.38. The molecule has 0 atom stereocenters. The number of halogens is 1. The Hall–Kier alpha value is -0.610. The molecule has 0 aliphatic carbocycles. The zero-order valence-electron chi connectivity index (χ0n) is 7.30. The molecular weight excluding hydrogens is 248 g/mol. The van der Waals surface area contributed by atoms with E-state index in [1.807, 2.05) is 25.1 Å². The van der Waals surface area contributed by atoms with Gasteiger partial charge in [-0.1, -0.05) is 18.3 Å². The van der Waals surface area contributed by atoms with Crippen molar-refractivity contribution in [1.82, 2.24) is 0 Å². The predicted octanol–water partition coefficient (Wildman–Crippen LogP) is 2.46. The van der Waals surface area contributed by atoms with Crippen LogP contribution in [0.5, 0.6) is 0 Å². The van der Waals surface area contributed by atoms with Gasteiger partial charge in [0, 0.05) is 10.2 Å². The maximum absolute atomic E-state index is 5.37. The lowest BCUT2D eigenvalue weighted by Gasteiger charge is -2.07. The molecule has 0 fully saturated rings. The molecule has 0 heterocycles. The van der Waals surface area contributed by atoms with Crippen molar-refractivity contribution in [3.8, 4) is 0 Å². The van der Waals surface area contributed by atoms with Gasteiger partial charge in [0.1, 0.15) is 0 Å². The molecule has 0 aliphatic rings. The molecule has 3 N–H and O–H groups in total. The van der Waals surface area contributed by atoms with Crippen LogP contribution in [0.25, 0.3) is 0 Å². The molecule has 0 amide bonds. The summed E-state index contributed by atoms with van der Waals surface area (Å²) < 4.78 is 1.03. The van der Waals surface area contributed by atoms with Gasteiger partial charge in [-0.05, 0) is 40.5 Å². The van der Waals surface area contributed by atoms with Crippen molar-refractivity contribution in [2.24, 2.45) is 5.73 Å². The van der Waals surface area contributed by atoms with Gasteiger partial charge in [-0.3, -0.25) is 0 Å². The van der Waals surface area contributed by atoms with Gasteiger partial charge in [-0.2, -0.15) is 0 Å². The van der Waals surface area contributed by atoms with Gasteiger partial charge in [-0.25, -0.2) is 0 Å². The maximum Gasteiger partial charge on any atom is 0.0921 e. The monoisotopic (exact) mass is 258 g/mol. The summed E-state index contributed by atoms with van der Waals surface area (Å²) in [7, 11) is 0. The van der Waals surface area contributed by atoms with E-state index in [4.69, 9.17) is 18.0 Å². The Morgan fingerprint density at radius 2 is 2.31 bits per heavy atom. The highest BCUT2D eigenvalue weighted by Crippen LogP contribution is 2.22. The average Bonchev–Trinajstić information content (AvgIpc) is 2.02. The van der Waals surface area contributed by atoms with Crippen molar-refractivity contribution in [1.29, 1.82) is 0 Å². The number of nitrogens with one attached hydrogen (secondary N) is 1. The van der Waals surface area contributed by atoms with E-state index in [1.165, 1.54) is 5.56 Å². The fraction of sp³-hybridized carbons (Fsp3) is 0.222. The van der Waals surface area contributed by atoms with E-state index in [-0.39, 0.29) is 0 Å². The Balaban J connectivity index is 2.72. The van der Waals surface area contributed by atoms with Crippen molar-refractivity contribution in [3.05, 3.63) is 28.2 Å². The van der Waals surface area contributed by atoms with E-state index >= 15 is 0 Å². The fourth-order valence-corrected chi connectivity index (χ4v) is 1.65. The molecule has 0 saturated carbocycles. The predicted molar refractivity (Wildman–Crippen MR) is 64.2 cm³/mol. The molecule has 4 heteroatoms. The molecule has 13 heavy (non-hydrogen) atoms. The van der Waals surface area contributed by atoms with Crippen molar-refractivity contribution < 1.29 is 0 Å². The summed E-state index contributed by atoms with van der Waals surface area (Å²) in [6.45, 7) is 2.57. The minimum Gasteiger partial charge on any atom is -0.392 e. The quantitative estimate of drug-likeness (QED) is 0.819. The van der Waals surface area contributed by atoms with Gasteiger partial charge >= 0.3 is 0 Å². The molecule has 0 radical (unpaired) electrons. The average molecular weight is 259 g/mol. The normalized spacial score (nSPS) is 9.69. The summed E-state index contributed by atoms with van der Waals surface area (Å²) in [5.74, 6) is 0. The molecule has 70 valence electrons. The van der Waals surface area contributed by atoms with Crippen LogP contribution in [-0.2, 0) is 0 Å². The second-order valence-electron chi connectivity index (χ2n) is 2.80. The van der Waals surface area contributed by atoms with Crippen LogP contribution in [0, 0.1) is 6.92 Å². The third kappa shape index (κ3) is 3.32. The van der Waals surface area contributed by atoms with E-state index in [2.05, 4.69) is 21.2 Å². The van der Waals surface area contributed by atoms with E-state index in [1.54, 1.807) is 0 Å². The number of hydrogen-bond acceptors (Lipinski definition) is 2. The van der Waals surface area contributed by atoms with Gasteiger partial charge in [0.05, 0.1) is 11.5 Å². The smallest absolute Gasteiger partial charge is 0.0921 e. The van der Waals surface area contributed by atoms with Crippen LogP contribution in [0.2, 0.25) is 0 Å². The van der Waals surface area contributed by atoms with Crippen LogP contribution in [0.15, 0.2) is 22.7 Å². The third-order valence-electron chi connectivity index (χ3n) is 1.58. The Labute approximate surface area is 91.6 Å². The van der Waals surface area contributed by atoms with E-state index < -0.39 is 0 Å². The Morgan fingerprint density at radius 3 is 2.85 bits per heavy atom. The lowest BCUT2D eigenvalue weighted by molar-refractivity contribution is 1.35. The molecule has 1 aromatic carbocycles. The largest absolute Gasteiger partial charge is 0.392 e. The summed E-state index contributed by atoms with van der Waals surface area (Å²) in [5, 5.41) is 3.13. The highest BCUT2D eigenvalue weighted by Gasteiger charge is 1.98. The van der Waals surface area contributed by atoms with Crippen LogP contribution in [0.4, 0.5) is 5.69 Å². The van der Waals surface area contributed by atoms with Crippen LogP contribution >= 0.6 is 28.1 Å². The topological polar surface area (TPSA) is 38.0 Å². The second-order valence-corrected chi connectivity index (χ2v) is 4.18. The van der Waals surface area contributed by atoms with Gasteiger partial charge in [0.25, 0.3) is 0 Å². The summed E-state index contributed by atoms with van der Waals surface area (Å²) in [4.78, 5) is 0.465. The molecule has 1 aromatic rings. The Morgan fingerprint density at radius 1 is 1.62 bits per heavy atom. The molecule has 1 rings (SSSR count). The lowest BCUT2D eigenvalue weighted by atomic mass is 10.2. The first-order valence-corrected chi connectivity index (χ1v) is 5.08.